The van der Waals surface area contributed by atoms with Crippen molar-refractivity contribution in [1.82, 2.24) is 19.9 Å². The summed E-state index contributed by atoms with van der Waals surface area (Å²) in [6.07, 6.45) is -4.93. The molecule has 4 heterocycles. The van der Waals surface area contributed by atoms with Crippen molar-refractivity contribution < 1.29 is 50.9 Å². The number of H-pyrrole nitrogens is 1. The lowest BCUT2D eigenvalue weighted by Crippen LogP contribution is -2.21. The van der Waals surface area contributed by atoms with E-state index in [1.54, 1.807) is 37.8 Å². The zero-order valence-electron chi connectivity index (χ0n) is 20.6. The van der Waals surface area contributed by atoms with Gasteiger partial charge < -0.3 is 25.3 Å². The highest BCUT2D eigenvalue weighted by atomic mass is 35.5. The van der Waals surface area contributed by atoms with Crippen LogP contribution >= 0.6 is 23.2 Å². The number of nitrogens with zero attached hydrogens (tertiary/aromatic N) is 3. The summed E-state index contributed by atoms with van der Waals surface area (Å²) in [6.45, 7) is 0. The van der Waals surface area contributed by atoms with Crippen molar-refractivity contribution in [2.24, 2.45) is 0 Å². The number of carbonyl (C=O) groups is 2. The second-order valence-electron chi connectivity index (χ2n) is 7.83. The van der Waals surface area contributed by atoms with Gasteiger partial charge >= 0.3 is 24.3 Å². The van der Waals surface area contributed by atoms with Crippen molar-refractivity contribution in [1.29, 1.82) is 0 Å². The van der Waals surface area contributed by atoms with Crippen LogP contribution in [0.3, 0.4) is 0 Å². The molecule has 0 saturated heterocycles. The molecule has 0 bridgehead atoms. The van der Waals surface area contributed by atoms with E-state index in [0.29, 0.717) is 33.0 Å². The second-order valence-corrected chi connectivity index (χ2v) is 8.67. The molecule has 1 aliphatic rings. The molecule has 0 saturated carbocycles. The Morgan fingerprint density at radius 2 is 1.57 bits per heavy atom. The molecule has 4 N–H and O–H groups in total. The van der Waals surface area contributed by atoms with Gasteiger partial charge in [0.15, 0.2) is 0 Å². The van der Waals surface area contributed by atoms with Gasteiger partial charge in [0.2, 0.25) is 0 Å². The SMILES string of the molecule is COc1cc(Cl)cc(Cl)c1-c1nc2c([nH]1)-c1ccncc1Nc1ncccc1-2.O=C(O)C(F)(F)F.O=C(O)C(F)(F)F. The smallest absolute Gasteiger partial charge is 0.490 e. The number of hydrogen-bond acceptors (Lipinski definition) is 7. The Labute approximate surface area is 240 Å². The lowest BCUT2D eigenvalue weighted by Gasteiger charge is -2.10. The molecule has 1 aromatic carbocycles. The van der Waals surface area contributed by atoms with Crippen LogP contribution in [0, 0.1) is 0 Å². The highest BCUT2D eigenvalue weighted by Crippen LogP contribution is 2.45. The van der Waals surface area contributed by atoms with Crippen LogP contribution in [0.4, 0.5) is 37.8 Å². The van der Waals surface area contributed by atoms with Gasteiger partial charge in [-0.1, -0.05) is 23.2 Å². The molecule has 0 amide bonds. The van der Waals surface area contributed by atoms with Crippen molar-refractivity contribution >= 4 is 46.6 Å². The van der Waals surface area contributed by atoms with Crippen molar-refractivity contribution in [2.75, 3.05) is 12.4 Å². The maximum atomic E-state index is 10.6. The number of fused-ring (bicyclic) bond motifs is 5. The fourth-order valence-corrected chi connectivity index (χ4v) is 3.92. The number of halogens is 8. The number of methoxy groups -OCH3 is 1. The lowest BCUT2D eigenvalue weighted by molar-refractivity contribution is -0.193. The van der Waals surface area contributed by atoms with Crippen LogP contribution in [0.25, 0.3) is 33.9 Å². The summed E-state index contributed by atoms with van der Waals surface area (Å²) in [5.41, 5.74) is 4.91. The standard InChI is InChI=1S/C20H13Cl2N5O.2C2HF3O2/c1-28-15-8-10(21)7-13(22)16(15)20-26-17-11-4-6-23-9-14(11)25-19-12(18(17)27-20)3-2-5-24-19;2*3-2(4,5)1(6)7/h2-9H,1H3,(H,24,25)(H,26,27);2*(H,6,7). The zero-order chi connectivity index (χ0) is 31.4. The number of carboxylic acid groups (broad SMARTS) is 2. The summed E-state index contributed by atoms with van der Waals surface area (Å²) < 4.78 is 69.0. The van der Waals surface area contributed by atoms with Crippen LogP contribution in [0.15, 0.2) is 48.9 Å². The fourth-order valence-electron chi connectivity index (χ4n) is 3.36. The number of alkyl halides is 6. The molecule has 5 rings (SSSR count). The summed E-state index contributed by atoms with van der Waals surface area (Å²) in [7, 11) is 1.57. The third-order valence-electron chi connectivity index (χ3n) is 5.07. The first kappa shape index (κ1) is 32.0. The molecule has 0 unspecified atom stereocenters. The number of imidazole rings is 1. The van der Waals surface area contributed by atoms with Gasteiger partial charge in [0.25, 0.3) is 0 Å². The summed E-state index contributed by atoms with van der Waals surface area (Å²) >= 11 is 12.6. The van der Waals surface area contributed by atoms with Crippen molar-refractivity contribution in [2.45, 2.75) is 12.4 Å². The molecule has 1 aliphatic heterocycles. The number of aliphatic carboxylic acids is 2. The molecular formula is C24H15Cl2F6N5O5. The third kappa shape index (κ3) is 7.38. The topological polar surface area (TPSA) is 150 Å². The van der Waals surface area contributed by atoms with E-state index < -0.39 is 24.3 Å². The number of anilines is 2. The highest BCUT2D eigenvalue weighted by Gasteiger charge is 2.39. The maximum absolute atomic E-state index is 10.6. The van der Waals surface area contributed by atoms with Crippen LogP contribution in [0.1, 0.15) is 0 Å². The van der Waals surface area contributed by atoms with Crippen molar-refractivity contribution in [3.63, 3.8) is 0 Å². The van der Waals surface area contributed by atoms with E-state index in [-0.39, 0.29) is 0 Å². The fraction of sp³-hybridized carbons (Fsp3) is 0.125. The number of rotatable bonds is 2. The predicted octanol–water partition coefficient (Wildman–Crippen LogP) is 6.84. The largest absolute Gasteiger partial charge is 0.496 e. The van der Waals surface area contributed by atoms with Gasteiger partial charge in [0.1, 0.15) is 23.1 Å². The Kier molecular flexibility index (Phi) is 9.53. The van der Waals surface area contributed by atoms with Gasteiger partial charge in [-0.15, -0.1) is 0 Å². The van der Waals surface area contributed by atoms with Crippen LogP contribution in [-0.4, -0.2) is 61.5 Å². The molecule has 0 fully saturated rings. The molecule has 0 spiro atoms. The number of pyridine rings is 2. The van der Waals surface area contributed by atoms with E-state index in [4.69, 9.17) is 52.7 Å². The minimum absolute atomic E-state index is 0.452. The number of ether oxygens (including phenoxy) is 1. The molecule has 222 valence electrons. The number of aromatic nitrogens is 4. The van der Waals surface area contributed by atoms with Gasteiger partial charge in [-0.3, -0.25) is 4.98 Å². The molecule has 4 aromatic rings. The second kappa shape index (κ2) is 12.5. The first-order valence-corrected chi connectivity index (χ1v) is 11.7. The molecule has 0 radical (unpaired) electrons. The number of nitrogens with one attached hydrogen (secondary N) is 2. The van der Waals surface area contributed by atoms with Crippen LogP contribution < -0.4 is 10.1 Å². The number of aromatic amines is 1. The molecule has 18 heteroatoms. The molecule has 42 heavy (non-hydrogen) atoms. The monoisotopic (exact) mass is 637 g/mol. The normalized spacial score (nSPS) is 11.5. The Balaban J connectivity index is 0.000000289. The van der Waals surface area contributed by atoms with Crippen LogP contribution in [0.5, 0.6) is 5.75 Å². The van der Waals surface area contributed by atoms with Gasteiger partial charge in [0, 0.05) is 28.5 Å². The van der Waals surface area contributed by atoms with E-state index in [1.807, 2.05) is 18.2 Å². The Morgan fingerprint density at radius 1 is 0.952 bits per heavy atom. The highest BCUT2D eigenvalue weighted by molar-refractivity contribution is 6.36. The Morgan fingerprint density at radius 3 is 2.14 bits per heavy atom. The Hall–Kier alpha value is -4.57. The van der Waals surface area contributed by atoms with Gasteiger partial charge in [-0.2, -0.15) is 26.3 Å². The lowest BCUT2D eigenvalue weighted by atomic mass is 10.1. The number of hydrogen-bond donors (Lipinski definition) is 4. The summed E-state index contributed by atoms with van der Waals surface area (Å²) in [4.78, 5) is 34.7. The molecule has 10 nitrogen and oxygen atoms in total. The van der Waals surface area contributed by atoms with E-state index in [2.05, 4.69) is 20.3 Å². The van der Waals surface area contributed by atoms with Gasteiger partial charge in [-0.05, 0) is 30.3 Å². The number of benzene rings is 1. The summed E-state index contributed by atoms with van der Waals surface area (Å²) in [6, 6.07) is 9.16. The van der Waals surface area contributed by atoms with Gasteiger partial charge in [0.05, 0.1) is 35.3 Å². The maximum Gasteiger partial charge on any atom is 0.490 e. The first-order chi connectivity index (χ1) is 19.5. The minimum Gasteiger partial charge on any atom is -0.496 e. The predicted molar refractivity (Wildman–Crippen MR) is 138 cm³/mol. The van der Waals surface area contributed by atoms with E-state index in [1.165, 1.54) is 0 Å². The van der Waals surface area contributed by atoms with Crippen molar-refractivity contribution in [3.8, 4) is 39.7 Å². The average Bonchev–Trinajstić information content (AvgIpc) is 3.27. The molecule has 0 aliphatic carbocycles. The summed E-state index contributed by atoms with van der Waals surface area (Å²) in [5.74, 6) is -3.67. The Bertz CT molecular complexity index is 1540. The van der Waals surface area contributed by atoms with E-state index in [9.17, 15) is 26.3 Å². The van der Waals surface area contributed by atoms with Crippen LogP contribution in [-0.2, 0) is 9.59 Å². The summed E-state index contributed by atoms with van der Waals surface area (Å²) in [5, 5.41) is 18.5. The van der Waals surface area contributed by atoms with Crippen molar-refractivity contribution in [3.05, 3.63) is 59.0 Å². The number of carboxylic acids is 2. The third-order valence-corrected chi connectivity index (χ3v) is 5.59. The first-order valence-electron chi connectivity index (χ1n) is 10.9. The van der Waals surface area contributed by atoms with E-state index in [0.717, 1.165) is 28.2 Å². The van der Waals surface area contributed by atoms with Gasteiger partial charge in [-0.25, -0.2) is 19.6 Å². The molecule has 0 atom stereocenters. The molecule has 3 aromatic heterocycles. The molecular weight excluding hydrogens is 623 g/mol. The zero-order valence-corrected chi connectivity index (χ0v) is 22.1. The minimum atomic E-state index is -5.08. The quantitative estimate of drug-likeness (QED) is 0.152. The van der Waals surface area contributed by atoms with E-state index >= 15 is 0 Å². The van der Waals surface area contributed by atoms with Crippen LogP contribution in [0.2, 0.25) is 10.0 Å². The average molecular weight is 638 g/mol.